The van der Waals surface area contributed by atoms with Crippen molar-refractivity contribution in [3.8, 4) is 11.4 Å². The molecule has 0 aliphatic carbocycles. The van der Waals surface area contributed by atoms with Gasteiger partial charge in [0.2, 0.25) is 11.7 Å². The van der Waals surface area contributed by atoms with E-state index in [0.717, 1.165) is 5.56 Å². The molecule has 1 aromatic carbocycles. The Hall–Kier alpha value is -2.82. The van der Waals surface area contributed by atoms with Gasteiger partial charge in [-0.05, 0) is 17.5 Å². The molecule has 1 aliphatic rings. The molecule has 0 radical (unpaired) electrons. The second-order valence-corrected chi connectivity index (χ2v) is 7.70. The lowest BCUT2D eigenvalue weighted by molar-refractivity contribution is -0.384. The maximum atomic E-state index is 12.7. The molecule has 1 saturated heterocycles. The van der Waals surface area contributed by atoms with Crippen molar-refractivity contribution in [2.24, 2.45) is 0 Å². The van der Waals surface area contributed by atoms with Crippen LogP contribution in [0.15, 0.2) is 39.5 Å². The number of benzene rings is 1. The number of carbonyl (C=O) groups excluding carboxylic acids is 1. The van der Waals surface area contributed by atoms with Crippen LogP contribution in [0.25, 0.3) is 11.4 Å². The molecule has 9 nitrogen and oxygen atoms in total. The van der Waals surface area contributed by atoms with Crippen molar-refractivity contribution >= 4 is 34.5 Å². The molecular weight excluding hydrogens is 418 g/mol. The molecule has 4 rings (SSSR count). The number of nitro benzene ring substituents is 1. The summed E-state index contributed by atoms with van der Waals surface area (Å²) in [6.07, 6.45) is 0. The molecule has 0 unspecified atom stereocenters. The van der Waals surface area contributed by atoms with E-state index in [1.807, 2.05) is 16.8 Å². The van der Waals surface area contributed by atoms with Crippen LogP contribution in [0.2, 0.25) is 5.02 Å². The summed E-state index contributed by atoms with van der Waals surface area (Å²) in [7, 11) is 0. The fraction of sp³-hybridized carbons (Fsp3) is 0.278. The predicted octanol–water partition coefficient (Wildman–Crippen LogP) is 3.32. The number of aromatic nitrogens is 2. The Balaban J connectivity index is 1.34. The maximum absolute atomic E-state index is 12.7. The first-order chi connectivity index (χ1) is 14.0. The summed E-state index contributed by atoms with van der Waals surface area (Å²) in [4.78, 5) is 31.2. The van der Waals surface area contributed by atoms with Crippen molar-refractivity contribution in [1.29, 1.82) is 0 Å². The van der Waals surface area contributed by atoms with Crippen molar-refractivity contribution in [1.82, 2.24) is 19.9 Å². The van der Waals surface area contributed by atoms with Crippen molar-refractivity contribution in [3.05, 3.63) is 61.6 Å². The smallest absolute Gasteiger partial charge is 0.270 e. The van der Waals surface area contributed by atoms with Crippen LogP contribution in [-0.4, -0.2) is 56.9 Å². The first-order valence-electron chi connectivity index (χ1n) is 8.82. The number of hydrogen-bond donors (Lipinski definition) is 0. The van der Waals surface area contributed by atoms with Crippen LogP contribution in [0.5, 0.6) is 0 Å². The lowest BCUT2D eigenvalue weighted by atomic mass is 10.1. The molecule has 2 aromatic heterocycles. The highest BCUT2D eigenvalue weighted by Gasteiger charge is 2.25. The molecule has 3 aromatic rings. The molecule has 1 amide bonds. The number of thiophene rings is 1. The van der Waals surface area contributed by atoms with Crippen LogP contribution < -0.4 is 0 Å². The topological polar surface area (TPSA) is 106 Å². The van der Waals surface area contributed by atoms with Gasteiger partial charge in [0.05, 0.1) is 22.1 Å². The van der Waals surface area contributed by atoms with E-state index < -0.39 is 4.92 Å². The van der Waals surface area contributed by atoms with Gasteiger partial charge in [0.25, 0.3) is 11.6 Å². The van der Waals surface area contributed by atoms with E-state index >= 15 is 0 Å². The van der Waals surface area contributed by atoms with Crippen LogP contribution in [0.3, 0.4) is 0 Å². The number of piperazine rings is 1. The largest absolute Gasteiger partial charge is 0.338 e. The standard InChI is InChI=1S/C18H16ClN5O4S/c19-15-9-13(24(26)27)1-2-14(15)18(25)23-6-4-22(5-7-23)10-16-20-17(21-28-16)12-3-8-29-11-12/h1-3,8-9,11H,4-7,10H2. The molecule has 0 bridgehead atoms. The minimum Gasteiger partial charge on any atom is -0.338 e. The number of nitro groups is 1. The van der Waals surface area contributed by atoms with Gasteiger partial charge in [-0.3, -0.25) is 19.8 Å². The molecule has 11 heteroatoms. The number of non-ortho nitro benzene ring substituents is 1. The summed E-state index contributed by atoms with van der Waals surface area (Å²) in [6.45, 7) is 2.83. The number of amides is 1. The van der Waals surface area contributed by atoms with Crippen LogP contribution in [0.1, 0.15) is 16.2 Å². The third-order valence-electron chi connectivity index (χ3n) is 4.66. The molecule has 1 fully saturated rings. The van der Waals surface area contributed by atoms with Crippen LogP contribution in [0, 0.1) is 10.1 Å². The molecule has 150 valence electrons. The van der Waals surface area contributed by atoms with Crippen LogP contribution in [0.4, 0.5) is 5.69 Å². The SMILES string of the molecule is O=C(c1ccc([N+](=O)[O-])cc1Cl)N1CCN(Cc2nc(-c3ccsc3)no2)CC1. The fourth-order valence-corrected chi connectivity index (χ4v) is 3.98. The third kappa shape index (κ3) is 4.29. The molecule has 3 heterocycles. The van der Waals surface area contributed by atoms with E-state index in [1.165, 1.54) is 18.2 Å². The van der Waals surface area contributed by atoms with Gasteiger partial charge in [0, 0.05) is 49.3 Å². The van der Waals surface area contributed by atoms with Gasteiger partial charge in [0.1, 0.15) is 0 Å². The van der Waals surface area contributed by atoms with Gasteiger partial charge in [0.15, 0.2) is 0 Å². The first kappa shape index (κ1) is 19.5. The Morgan fingerprint density at radius 1 is 1.28 bits per heavy atom. The van der Waals surface area contributed by atoms with Crippen molar-refractivity contribution in [2.45, 2.75) is 6.54 Å². The summed E-state index contributed by atoms with van der Waals surface area (Å²) < 4.78 is 5.33. The zero-order valence-electron chi connectivity index (χ0n) is 15.2. The normalized spacial score (nSPS) is 14.9. The summed E-state index contributed by atoms with van der Waals surface area (Å²) >= 11 is 7.65. The van der Waals surface area contributed by atoms with Gasteiger partial charge < -0.3 is 9.42 Å². The highest BCUT2D eigenvalue weighted by atomic mass is 35.5. The third-order valence-corrected chi connectivity index (χ3v) is 5.66. The molecular formula is C18H16ClN5O4S. The Bertz CT molecular complexity index is 1030. The second kappa shape index (κ2) is 8.27. The van der Waals surface area contributed by atoms with Crippen LogP contribution >= 0.6 is 22.9 Å². The van der Waals surface area contributed by atoms with E-state index in [0.29, 0.717) is 44.4 Å². The van der Waals surface area contributed by atoms with E-state index in [-0.39, 0.29) is 22.2 Å². The quantitative estimate of drug-likeness (QED) is 0.448. The molecule has 0 atom stereocenters. The summed E-state index contributed by atoms with van der Waals surface area (Å²) in [5.74, 6) is 0.870. The summed E-state index contributed by atoms with van der Waals surface area (Å²) in [5, 5.41) is 18.8. The monoisotopic (exact) mass is 433 g/mol. The van der Waals surface area contributed by atoms with E-state index in [9.17, 15) is 14.9 Å². The van der Waals surface area contributed by atoms with E-state index in [4.69, 9.17) is 16.1 Å². The highest BCUT2D eigenvalue weighted by molar-refractivity contribution is 7.08. The average Bonchev–Trinajstić information content (AvgIpc) is 3.40. The Kier molecular flexibility index (Phi) is 5.56. The predicted molar refractivity (Wildman–Crippen MR) is 107 cm³/mol. The molecule has 0 saturated carbocycles. The van der Waals surface area contributed by atoms with Gasteiger partial charge in [-0.1, -0.05) is 16.8 Å². The van der Waals surface area contributed by atoms with E-state index in [2.05, 4.69) is 15.0 Å². The van der Waals surface area contributed by atoms with Gasteiger partial charge >= 0.3 is 0 Å². The number of rotatable bonds is 5. The Morgan fingerprint density at radius 2 is 2.07 bits per heavy atom. The van der Waals surface area contributed by atoms with Crippen molar-refractivity contribution < 1.29 is 14.2 Å². The molecule has 0 N–H and O–H groups in total. The molecule has 29 heavy (non-hydrogen) atoms. The van der Waals surface area contributed by atoms with Gasteiger partial charge in [-0.2, -0.15) is 16.3 Å². The van der Waals surface area contributed by atoms with Crippen molar-refractivity contribution in [3.63, 3.8) is 0 Å². The first-order valence-corrected chi connectivity index (χ1v) is 10.1. The lowest BCUT2D eigenvalue weighted by Gasteiger charge is -2.34. The Labute approximate surface area is 174 Å². The Morgan fingerprint density at radius 3 is 2.72 bits per heavy atom. The zero-order valence-corrected chi connectivity index (χ0v) is 16.7. The summed E-state index contributed by atoms with van der Waals surface area (Å²) in [5.41, 5.74) is 1.06. The van der Waals surface area contributed by atoms with E-state index in [1.54, 1.807) is 16.2 Å². The second-order valence-electron chi connectivity index (χ2n) is 6.51. The number of halogens is 1. The van der Waals surface area contributed by atoms with Crippen LogP contribution in [-0.2, 0) is 6.54 Å². The maximum Gasteiger partial charge on any atom is 0.270 e. The molecule has 0 spiro atoms. The molecule has 1 aliphatic heterocycles. The average molecular weight is 434 g/mol. The minimum absolute atomic E-state index is 0.0819. The van der Waals surface area contributed by atoms with Crippen molar-refractivity contribution in [2.75, 3.05) is 26.2 Å². The summed E-state index contributed by atoms with van der Waals surface area (Å²) in [6, 6.07) is 5.83. The number of carbonyl (C=O) groups is 1. The van der Waals surface area contributed by atoms with Gasteiger partial charge in [-0.15, -0.1) is 0 Å². The minimum atomic E-state index is -0.541. The highest BCUT2D eigenvalue weighted by Crippen LogP contribution is 2.24. The lowest BCUT2D eigenvalue weighted by Crippen LogP contribution is -2.48. The zero-order chi connectivity index (χ0) is 20.4. The fourth-order valence-electron chi connectivity index (χ4n) is 3.09. The number of hydrogen-bond acceptors (Lipinski definition) is 8. The van der Waals surface area contributed by atoms with Gasteiger partial charge in [-0.25, -0.2) is 0 Å². The number of nitrogens with zero attached hydrogens (tertiary/aromatic N) is 5.